The Balaban J connectivity index is 3.11. The van der Waals surface area contributed by atoms with Crippen LogP contribution in [0, 0.1) is 0 Å². The monoisotopic (exact) mass is 206 g/mol. The molecule has 0 aromatic rings. The van der Waals surface area contributed by atoms with Crippen LogP contribution in [0.4, 0.5) is 4.79 Å². The Morgan fingerprint density at radius 2 is 1.77 bits per heavy atom. The maximum atomic E-state index is 11.0. The quantitative estimate of drug-likeness (QED) is 0.486. The molecule has 0 heterocycles. The minimum absolute atomic E-state index is 0.0822. The molecule has 2 amide bonds. The van der Waals surface area contributed by atoms with Gasteiger partial charge in [-0.3, -0.25) is 0 Å². The fourth-order valence-corrected chi connectivity index (χ4v) is 1.04. The second-order valence-electron chi connectivity index (χ2n) is 2.93. The van der Waals surface area contributed by atoms with Crippen molar-refractivity contribution in [3.63, 3.8) is 0 Å². The van der Waals surface area contributed by atoms with Gasteiger partial charge in [0.25, 0.3) is 0 Å². The first kappa shape index (κ1) is 12.6. The van der Waals surface area contributed by atoms with E-state index < -0.39 is 0 Å². The van der Waals surface area contributed by atoms with Crippen LogP contribution in [0.15, 0.2) is 0 Å². The summed E-state index contributed by atoms with van der Waals surface area (Å²) in [4.78, 5) is 11.0. The molecule has 0 aliphatic rings. The number of rotatable bonds is 7. The van der Waals surface area contributed by atoms with Crippen LogP contribution in [0.25, 0.3) is 0 Å². The first-order valence-electron chi connectivity index (χ1n) is 4.89. The van der Waals surface area contributed by atoms with E-state index in [0.717, 1.165) is 19.4 Å². The largest absolute Gasteiger partial charge is 0.338 e. The molecule has 0 aliphatic carbocycles. The van der Waals surface area contributed by atoms with Crippen LogP contribution in [0.1, 0.15) is 32.6 Å². The summed E-state index contributed by atoms with van der Waals surface area (Å²) in [5.41, 5.74) is 0. The molecule has 0 atom stereocenters. The molecular weight excluding hydrogens is 188 g/mol. The second kappa shape index (κ2) is 9.65. The zero-order valence-corrected chi connectivity index (χ0v) is 8.99. The van der Waals surface area contributed by atoms with Crippen LogP contribution in [-0.2, 0) is 0 Å². The molecule has 0 fully saturated rings. The van der Waals surface area contributed by atoms with Crippen LogP contribution in [0.5, 0.6) is 0 Å². The van der Waals surface area contributed by atoms with Gasteiger partial charge in [0.1, 0.15) is 0 Å². The minimum Gasteiger partial charge on any atom is -0.338 e. The van der Waals surface area contributed by atoms with Crippen molar-refractivity contribution in [2.75, 3.05) is 19.0 Å². The summed E-state index contributed by atoms with van der Waals surface area (Å²) in [6.45, 7) is 3.56. The lowest BCUT2D eigenvalue weighted by Crippen LogP contribution is -2.36. The molecule has 0 spiro atoms. The molecule has 4 heteroatoms. The molecule has 0 unspecified atom stereocenters. The third-order valence-electron chi connectivity index (χ3n) is 1.66. The van der Waals surface area contributed by atoms with Crippen molar-refractivity contribution in [2.24, 2.45) is 0 Å². The van der Waals surface area contributed by atoms with Crippen molar-refractivity contribution >= 4 is 17.6 Å². The normalized spacial score (nSPS) is 9.69. The Labute approximate surface area is 85.2 Å². The topological polar surface area (TPSA) is 41.1 Å². The maximum Gasteiger partial charge on any atom is 0.314 e. The highest BCUT2D eigenvalue weighted by Gasteiger charge is 1.96. The van der Waals surface area contributed by atoms with Gasteiger partial charge in [-0.05, 0) is 12.8 Å². The van der Waals surface area contributed by atoms with E-state index in [1.54, 1.807) is 0 Å². The average molecular weight is 207 g/mol. The summed E-state index contributed by atoms with van der Waals surface area (Å²) in [5, 5.41) is 5.51. The SMILES string of the molecule is CCCCCNC(=O)NCCCCl. The van der Waals surface area contributed by atoms with E-state index >= 15 is 0 Å². The number of urea groups is 1. The van der Waals surface area contributed by atoms with E-state index in [-0.39, 0.29) is 6.03 Å². The van der Waals surface area contributed by atoms with Crippen molar-refractivity contribution in [2.45, 2.75) is 32.6 Å². The highest BCUT2D eigenvalue weighted by atomic mass is 35.5. The van der Waals surface area contributed by atoms with Gasteiger partial charge < -0.3 is 10.6 Å². The van der Waals surface area contributed by atoms with Gasteiger partial charge in [0.05, 0.1) is 0 Å². The minimum atomic E-state index is -0.0822. The van der Waals surface area contributed by atoms with Gasteiger partial charge in [0.2, 0.25) is 0 Å². The zero-order chi connectivity index (χ0) is 9.94. The van der Waals surface area contributed by atoms with Crippen molar-refractivity contribution < 1.29 is 4.79 Å². The molecule has 3 nitrogen and oxygen atoms in total. The Bertz CT molecular complexity index is 131. The Morgan fingerprint density at radius 3 is 2.31 bits per heavy atom. The summed E-state index contributed by atoms with van der Waals surface area (Å²) in [6.07, 6.45) is 4.22. The Morgan fingerprint density at radius 1 is 1.15 bits per heavy atom. The highest BCUT2D eigenvalue weighted by Crippen LogP contribution is 1.90. The fraction of sp³-hybridized carbons (Fsp3) is 0.889. The molecule has 2 N–H and O–H groups in total. The summed E-state index contributed by atoms with van der Waals surface area (Å²) in [6, 6.07) is -0.0822. The van der Waals surface area contributed by atoms with Gasteiger partial charge in [0, 0.05) is 19.0 Å². The van der Waals surface area contributed by atoms with Crippen LogP contribution in [0.3, 0.4) is 0 Å². The number of nitrogens with one attached hydrogen (secondary N) is 2. The predicted octanol–water partition coefficient (Wildman–Crippen LogP) is 2.10. The molecule has 0 aliphatic heterocycles. The van der Waals surface area contributed by atoms with Gasteiger partial charge in [0.15, 0.2) is 0 Å². The number of carbonyl (C=O) groups is 1. The summed E-state index contributed by atoms with van der Waals surface area (Å²) >= 11 is 5.46. The van der Waals surface area contributed by atoms with Gasteiger partial charge in [-0.15, -0.1) is 11.6 Å². The predicted molar refractivity (Wildman–Crippen MR) is 56.3 cm³/mol. The maximum absolute atomic E-state index is 11.0. The standard InChI is InChI=1S/C9H19ClN2O/c1-2-3-4-7-11-9(13)12-8-5-6-10/h2-8H2,1H3,(H2,11,12,13). The number of hydrogen-bond donors (Lipinski definition) is 2. The lowest BCUT2D eigenvalue weighted by Gasteiger charge is -2.05. The van der Waals surface area contributed by atoms with E-state index in [4.69, 9.17) is 11.6 Å². The van der Waals surface area contributed by atoms with Crippen LogP contribution in [-0.4, -0.2) is 25.0 Å². The molecule has 0 radical (unpaired) electrons. The number of hydrogen-bond acceptors (Lipinski definition) is 1. The van der Waals surface area contributed by atoms with Crippen LogP contribution < -0.4 is 10.6 Å². The van der Waals surface area contributed by atoms with Crippen molar-refractivity contribution in [3.05, 3.63) is 0 Å². The van der Waals surface area contributed by atoms with Crippen molar-refractivity contribution in [1.29, 1.82) is 0 Å². The van der Waals surface area contributed by atoms with Crippen molar-refractivity contribution in [1.82, 2.24) is 10.6 Å². The fourth-order valence-electron chi connectivity index (χ4n) is 0.908. The van der Waals surface area contributed by atoms with Gasteiger partial charge in [-0.25, -0.2) is 4.79 Å². The van der Waals surface area contributed by atoms with Gasteiger partial charge in [-0.1, -0.05) is 19.8 Å². The molecule has 0 aromatic heterocycles. The Hall–Kier alpha value is -0.440. The molecule has 0 bridgehead atoms. The molecule has 0 saturated heterocycles. The number of alkyl halides is 1. The third kappa shape index (κ3) is 9.47. The molecule has 13 heavy (non-hydrogen) atoms. The first-order chi connectivity index (χ1) is 6.31. The second-order valence-corrected chi connectivity index (χ2v) is 3.31. The summed E-state index contributed by atoms with van der Waals surface area (Å²) in [7, 11) is 0. The molecule has 78 valence electrons. The van der Waals surface area contributed by atoms with E-state index in [9.17, 15) is 4.79 Å². The Kier molecular flexibility index (Phi) is 9.32. The molecule has 0 rings (SSSR count). The van der Waals surface area contributed by atoms with E-state index in [1.165, 1.54) is 12.8 Å². The number of amides is 2. The lowest BCUT2D eigenvalue weighted by atomic mass is 10.2. The third-order valence-corrected chi connectivity index (χ3v) is 1.93. The molecular formula is C9H19ClN2O. The first-order valence-corrected chi connectivity index (χ1v) is 5.42. The lowest BCUT2D eigenvalue weighted by molar-refractivity contribution is 0.240. The summed E-state index contributed by atoms with van der Waals surface area (Å²) < 4.78 is 0. The van der Waals surface area contributed by atoms with Crippen molar-refractivity contribution in [3.8, 4) is 0 Å². The highest BCUT2D eigenvalue weighted by molar-refractivity contribution is 6.17. The number of carbonyl (C=O) groups excluding carboxylic acids is 1. The zero-order valence-electron chi connectivity index (χ0n) is 8.24. The van der Waals surface area contributed by atoms with E-state index in [2.05, 4.69) is 17.6 Å². The van der Waals surface area contributed by atoms with Crippen LogP contribution >= 0.6 is 11.6 Å². The van der Waals surface area contributed by atoms with Crippen LogP contribution in [0.2, 0.25) is 0 Å². The summed E-state index contributed by atoms with van der Waals surface area (Å²) in [5.74, 6) is 0.593. The molecule has 0 aromatic carbocycles. The smallest absolute Gasteiger partial charge is 0.314 e. The van der Waals surface area contributed by atoms with Gasteiger partial charge >= 0.3 is 6.03 Å². The van der Waals surface area contributed by atoms with E-state index in [1.807, 2.05) is 0 Å². The number of unbranched alkanes of at least 4 members (excludes halogenated alkanes) is 2. The van der Waals surface area contributed by atoms with E-state index in [0.29, 0.717) is 12.4 Å². The molecule has 0 saturated carbocycles. The average Bonchev–Trinajstić information content (AvgIpc) is 2.13. The van der Waals surface area contributed by atoms with Gasteiger partial charge in [-0.2, -0.15) is 0 Å². The number of halogens is 1.